The molecule has 0 aromatic heterocycles. The fourth-order valence-corrected chi connectivity index (χ4v) is 4.38. The Bertz CT molecular complexity index is 552. The van der Waals surface area contributed by atoms with Crippen LogP contribution in [0.15, 0.2) is 18.2 Å². The van der Waals surface area contributed by atoms with Gasteiger partial charge in [-0.15, -0.1) is 0 Å². The van der Waals surface area contributed by atoms with Crippen LogP contribution in [0.1, 0.15) is 102 Å². The minimum atomic E-state index is -0.211. The number of halogens is 1. The molecule has 0 unspecified atom stereocenters. The van der Waals surface area contributed by atoms with E-state index in [1.807, 2.05) is 6.07 Å². The van der Waals surface area contributed by atoms with Gasteiger partial charge in [0.15, 0.2) is 0 Å². The van der Waals surface area contributed by atoms with Gasteiger partial charge in [-0.05, 0) is 42.4 Å². The molecule has 26 heavy (non-hydrogen) atoms. The molecule has 0 spiro atoms. The zero-order valence-electron chi connectivity index (χ0n) is 16.6. The lowest BCUT2D eigenvalue weighted by Crippen LogP contribution is -2.15. The molecule has 2 heteroatoms. The molecule has 1 aromatic rings. The van der Waals surface area contributed by atoms with Gasteiger partial charge in [-0.3, -0.25) is 0 Å². The third kappa shape index (κ3) is 7.48. The molecule has 0 heterocycles. The highest BCUT2D eigenvalue weighted by Gasteiger charge is 2.21. The summed E-state index contributed by atoms with van der Waals surface area (Å²) in [5.41, 5.74) is 1.19. The van der Waals surface area contributed by atoms with Gasteiger partial charge >= 0.3 is 0 Å². The van der Waals surface area contributed by atoms with Crippen LogP contribution in [0, 0.1) is 29.0 Å². The number of aryl methyl sites for hydroxylation is 1. The van der Waals surface area contributed by atoms with E-state index < -0.39 is 0 Å². The number of unbranched alkanes of at least 4 members (excludes halogenated alkanes) is 6. The van der Waals surface area contributed by atoms with Crippen LogP contribution in [-0.2, 0) is 6.42 Å². The second-order valence-corrected chi connectivity index (χ2v) is 8.25. The Morgan fingerprint density at radius 2 is 1.54 bits per heavy atom. The summed E-state index contributed by atoms with van der Waals surface area (Å²) < 4.78 is 14.0. The number of hydrogen-bond donors (Lipinski definition) is 0. The molecule has 144 valence electrons. The maximum atomic E-state index is 14.0. The van der Waals surface area contributed by atoms with E-state index >= 15 is 0 Å². The molecule has 1 aliphatic carbocycles. The first kappa shape index (κ1) is 20.9. The van der Waals surface area contributed by atoms with E-state index in [1.165, 1.54) is 83.1 Å². The highest BCUT2D eigenvalue weighted by atomic mass is 19.1. The molecular weight excluding hydrogens is 321 g/mol. The van der Waals surface area contributed by atoms with Crippen molar-refractivity contribution in [3.8, 4) is 6.07 Å². The molecule has 1 fully saturated rings. The van der Waals surface area contributed by atoms with Crippen molar-refractivity contribution >= 4 is 0 Å². The van der Waals surface area contributed by atoms with E-state index in [1.54, 1.807) is 12.1 Å². The molecule has 2 rings (SSSR count). The van der Waals surface area contributed by atoms with Gasteiger partial charge in [0.2, 0.25) is 0 Å². The van der Waals surface area contributed by atoms with Crippen LogP contribution in [0.3, 0.4) is 0 Å². The average Bonchev–Trinajstić information content (AvgIpc) is 2.67. The molecule has 1 aliphatic rings. The van der Waals surface area contributed by atoms with Crippen LogP contribution >= 0.6 is 0 Å². The third-order valence-corrected chi connectivity index (χ3v) is 6.19. The van der Waals surface area contributed by atoms with Gasteiger partial charge in [0.25, 0.3) is 0 Å². The predicted octanol–water partition coefficient (Wildman–Crippen LogP) is 7.58. The smallest absolute Gasteiger partial charge is 0.127 e. The highest BCUT2D eigenvalue weighted by Crippen LogP contribution is 2.34. The van der Waals surface area contributed by atoms with Gasteiger partial charge in [0.05, 0.1) is 11.6 Å². The molecule has 0 atom stereocenters. The maximum absolute atomic E-state index is 14.0. The summed E-state index contributed by atoms with van der Waals surface area (Å²) in [5.74, 6) is 1.49. The molecule has 1 aromatic carbocycles. The summed E-state index contributed by atoms with van der Waals surface area (Å²) in [6.45, 7) is 2.28. The standard InChI is InChI=1S/C24H36FN/c1-2-3-4-5-6-7-8-9-20-10-12-21(13-11-20)14-16-23-17-15-22(19-26)18-24(23)25/h15,17-18,20-21H,2-14,16H2,1H3. The van der Waals surface area contributed by atoms with Crippen molar-refractivity contribution in [1.29, 1.82) is 5.26 Å². The van der Waals surface area contributed by atoms with Crippen LogP contribution in [-0.4, -0.2) is 0 Å². The molecule has 1 nitrogen and oxygen atoms in total. The maximum Gasteiger partial charge on any atom is 0.127 e. The van der Waals surface area contributed by atoms with Crippen molar-refractivity contribution in [3.63, 3.8) is 0 Å². The SMILES string of the molecule is CCCCCCCCCC1CCC(CCc2ccc(C#N)cc2F)CC1. The number of benzene rings is 1. The second-order valence-electron chi connectivity index (χ2n) is 8.25. The molecule has 0 aliphatic heterocycles. The molecule has 1 saturated carbocycles. The number of nitrogens with zero attached hydrogens (tertiary/aromatic N) is 1. The van der Waals surface area contributed by atoms with Gasteiger partial charge in [-0.25, -0.2) is 4.39 Å². The molecule has 0 radical (unpaired) electrons. The number of nitriles is 1. The molecular formula is C24H36FN. The summed E-state index contributed by atoms with van der Waals surface area (Å²) in [7, 11) is 0. The summed E-state index contributed by atoms with van der Waals surface area (Å²) >= 11 is 0. The van der Waals surface area contributed by atoms with E-state index in [2.05, 4.69) is 6.92 Å². The van der Waals surface area contributed by atoms with E-state index in [0.29, 0.717) is 5.56 Å². The number of rotatable bonds is 11. The summed E-state index contributed by atoms with van der Waals surface area (Å²) in [6.07, 6.45) is 18.5. The highest BCUT2D eigenvalue weighted by molar-refractivity contribution is 5.32. The first-order valence-corrected chi connectivity index (χ1v) is 10.9. The Hall–Kier alpha value is -1.36. The summed E-state index contributed by atoms with van der Waals surface area (Å²) in [4.78, 5) is 0. The third-order valence-electron chi connectivity index (χ3n) is 6.19. The minimum absolute atomic E-state index is 0.211. The van der Waals surface area contributed by atoms with Crippen molar-refractivity contribution in [3.05, 3.63) is 35.1 Å². The fourth-order valence-electron chi connectivity index (χ4n) is 4.38. The Morgan fingerprint density at radius 1 is 0.923 bits per heavy atom. The van der Waals surface area contributed by atoms with E-state index in [9.17, 15) is 4.39 Å². The number of hydrogen-bond acceptors (Lipinski definition) is 1. The first-order chi connectivity index (χ1) is 12.7. The van der Waals surface area contributed by atoms with Crippen molar-refractivity contribution in [2.24, 2.45) is 11.8 Å². The molecule has 0 N–H and O–H groups in total. The van der Waals surface area contributed by atoms with Gasteiger partial charge in [0.1, 0.15) is 5.82 Å². The van der Waals surface area contributed by atoms with Crippen LogP contribution in [0.5, 0.6) is 0 Å². The fraction of sp³-hybridized carbons (Fsp3) is 0.708. The quantitative estimate of drug-likeness (QED) is 0.374. The lowest BCUT2D eigenvalue weighted by molar-refractivity contribution is 0.248. The minimum Gasteiger partial charge on any atom is -0.207 e. The van der Waals surface area contributed by atoms with Gasteiger partial charge in [0, 0.05) is 0 Å². The molecule has 0 saturated heterocycles. The Balaban J connectivity index is 1.57. The van der Waals surface area contributed by atoms with Crippen molar-refractivity contribution in [1.82, 2.24) is 0 Å². The largest absolute Gasteiger partial charge is 0.207 e. The monoisotopic (exact) mass is 357 g/mol. The lowest BCUT2D eigenvalue weighted by atomic mass is 9.77. The summed E-state index contributed by atoms with van der Waals surface area (Å²) in [5, 5.41) is 8.82. The van der Waals surface area contributed by atoms with Gasteiger partial charge < -0.3 is 0 Å². The van der Waals surface area contributed by atoms with Gasteiger partial charge in [-0.1, -0.05) is 90.0 Å². The van der Waals surface area contributed by atoms with Crippen molar-refractivity contribution in [2.45, 2.75) is 96.8 Å². The van der Waals surface area contributed by atoms with Crippen LogP contribution in [0.4, 0.5) is 4.39 Å². The molecule has 0 bridgehead atoms. The zero-order chi connectivity index (χ0) is 18.6. The average molecular weight is 358 g/mol. The lowest BCUT2D eigenvalue weighted by Gasteiger charge is -2.28. The zero-order valence-corrected chi connectivity index (χ0v) is 16.6. The van der Waals surface area contributed by atoms with Crippen molar-refractivity contribution in [2.75, 3.05) is 0 Å². The van der Waals surface area contributed by atoms with Crippen LogP contribution < -0.4 is 0 Å². The van der Waals surface area contributed by atoms with E-state index in [-0.39, 0.29) is 5.82 Å². The molecule has 0 amide bonds. The Kier molecular flexibility index (Phi) is 9.75. The second kappa shape index (κ2) is 12.1. The topological polar surface area (TPSA) is 23.8 Å². The van der Waals surface area contributed by atoms with Gasteiger partial charge in [-0.2, -0.15) is 5.26 Å². The Morgan fingerprint density at radius 3 is 2.15 bits per heavy atom. The predicted molar refractivity (Wildman–Crippen MR) is 107 cm³/mol. The van der Waals surface area contributed by atoms with Crippen molar-refractivity contribution < 1.29 is 4.39 Å². The van der Waals surface area contributed by atoms with Crippen LogP contribution in [0.2, 0.25) is 0 Å². The summed E-state index contributed by atoms with van der Waals surface area (Å²) in [6, 6.07) is 6.89. The first-order valence-electron chi connectivity index (χ1n) is 10.9. The van der Waals surface area contributed by atoms with Crippen LogP contribution in [0.25, 0.3) is 0 Å². The van der Waals surface area contributed by atoms with E-state index in [0.717, 1.165) is 30.2 Å². The normalized spacial score (nSPS) is 20.0. The van der Waals surface area contributed by atoms with E-state index in [4.69, 9.17) is 5.26 Å². The Labute approximate surface area is 160 Å².